The molecule has 1 heterocycles. The first-order valence-corrected chi connectivity index (χ1v) is 6.13. The summed E-state index contributed by atoms with van der Waals surface area (Å²) in [6.45, 7) is 5.38. The Labute approximate surface area is 101 Å². The van der Waals surface area contributed by atoms with E-state index in [0.717, 1.165) is 25.1 Å². The summed E-state index contributed by atoms with van der Waals surface area (Å²) in [4.78, 5) is 12.2. The summed E-state index contributed by atoms with van der Waals surface area (Å²) >= 11 is 0. The number of hydrogen-bond acceptors (Lipinski definition) is 3. The maximum absolute atomic E-state index is 12.2. The molecule has 1 amide bonds. The van der Waals surface area contributed by atoms with E-state index in [1.807, 2.05) is 13.1 Å². The van der Waals surface area contributed by atoms with Crippen molar-refractivity contribution in [3.63, 3.8) is 0 Å². The molecule has 0 aliphatic heterocycles. The largest absolute Gasteiger partial charge is 0.329 e. The van der Waals surface area contributed by atoms with E-state index < -0.39 is 0 Å². The lowest BCUT2D eigenvalue weighted by molar-refractivity contribution is -0.132. The zero-order valence-electron chi connectivity index (χ0n) is 10.4. The predicted octanol–water partition coefficient (Wildman–Crippen LogP) is 1.22. The highest BCUT2D eigenvalue weighted by atomic mass is 16.2. The molecule has 3 N–H and O–H groups in total. The van der Waals surface area contributed by atoms with Gasteiger partial charge in [-0.25, -0.2) is 0 Å². The Morgan fingerprint density at radius 2 is 2.41 bits per heavy atom. The number of aromatic nitrogens is 2. The minimum absolute atomic E-state index is 0.0359. The number of amides is 1. The summed E-state index contributed by atoms with van der Waals surface area (Å²) in [5.74, 6) is 0.636. The SMILES string of the molecule is CCn1cc(NC(=O)C2(CN)CC(C)C2)cn1. The van der Waals surface area contributed by atoms with Crippen LogP contribution in [0.2, 0.25) is 0 Å². The molecule has 1 aromatic heterocycles. The fourth-order valence-corrected chi connectivity index (χ4v) is 2.58. The van der Waals surface area contributed by atoms with E-state index in [1.54, 1.807) is 10.9 Å². The molecule has 0 spiro atoms. The van der Waals surface area contributed by atoms with Crippen LogP contribution in [-0.2, 0) is 11.3 Å². The lowest BCUT2D eigenvalue weighted by Gasteiger charge is -2.44. The molecule has 1 aromatic rings. The third kappa shape index (κ3) is 2.20. The van der Waals surface area contributed by atoms with Crippen LogP contribution in [-0.4, -0.2) is 22.2 Å². The molecule has 1 fully saturated rings. The van der Waals surface area contributed by atoms with Gasteiger partial charge in [0.25, 0.3) is 0 Å². The summed E-state index contributed by atoms with van der Waals surface area (Å²) in [5.41, 5.74) is 6.14. The first kappa shape index (κ1) is 12.1. The third-order valence-corrected chi connectivity index (χ3v) is 3.57. The Hall–Kier alpha value is -1.36. The molecule has 5 heteroatoms. The van der Waals surface area contributed by atoms with E-state index in [4.69, 9.17) is 5.73 Å². The molecule has 1 aliphatic rings. The second-order valence-corrected chi connectivity index (χ2v) is 5.04. The highest BCUT2D eigenvalue weighted by molar-refractivity contribution is 5.96. The van der Waals surface area contributed by atoms with Gasteiger partial charge in [0.05, 0.1) is 17.3 Å². The lowest BCUT2D eigenvalue weighted by atomic mass is 9.62. The number of nitrogens with two attached hydrogens (primary N) is 1. The monoisotopic (exact) mass is 236 g/mol. The zero-order valence-corrected chi connectivity index (χ0v) is 10.4. The van der Waals surface area contributed by atoms with Gasteiger partial charge in [-0.1, -0.05) is 6.92 Å². The van der Waals surface area contributed by atoms with Crippen molar-refractivity contribution >= 4 is 11.6 Å². The molecule has 5 nitrogen and oxygen atoms in total. The van der Waals surface area contributed by atoms with E-state index in [-0.39, 0.29) is 11.3 Å². The number of nitrogens with one attached hydrogen (secondary N) is 1. The van der Waals surface area contributed by atoms with Crippen LogP contribution in [0.25, 0.3) is 0 Å². The van der Waals surface area contributed by atoms with Crippen LogP contribution in [0.4, 0.5) is 5.69 Å². The minimum Gasteiger partial charge on any atom is -0.329 e. The molecule has 0 radical (unpaired) electrons. The van der Waals surface area contributed by atoms with Gasteiger partial charge in [0.1, 0.15) is 0 Å². The standard InChI is InChI=1S/C12H20N4O/c1-3-16-7-10(6-14-16)15-11(17)12(8-13)4-9(2)5-12/h6-7,9H,3-5,8,13H2,1-2H3,(H,15,17). The second kappa shape index (κ2) is 4.49. The predicted molar refractivity (Wildman–Crippen MR) is 66.4 cm³/mol. The Morgan fingerprint density at radius 1 is 1.71 bits per heavy atom. The van der Waals surface area contributed by atoms with Gasteiger partial charge < -0.3 is 11.1 Å². The van der Waals surface area contributed by atoms with Crippen molar-refractivity contribution in [3.05, 3.63) is 12.4 Å². The number of carbonyl (C=O) groups is 1. The van der Waals surface area contributed by atoms with Crippen molar-refractivity contribution in [2.45, 2.75) is 33.2 Å². The number of hydrogen-bond donors (Lipinski definition) is 2. The Morgan fingerprint density at radius 3 is 2.88 bits per heavy atom. The second-order valence-electron chi connectivity index (χ2n) is 5.04. The Bertz CT molecular complexity index is 406. The van der Waals surface area contributed by atoms with Gasteiger partial charge in [-0.05, 0) is 25.7 Å². The van der Waals surface area contributed by atoms with Crippen molar-refractivity contribution in [3.8, 4) is 0 Å². The van der Waals surface area contributed by atoms with Crippen LogP contribution in [0.3, 0.4) is 0 Å². The molecule has 1 saturated carbocycles. The molecular weight excluding hydrogens is 216 g/mol. The van der Waals surface area contributed by atoms with Gasteiger partial charge in [0.2, 0.25) is 5.91 Å². The van der Waals surface area contributed by atoms with E-state index in [2.05, 4.69) is 17.3 Å². The van der Waals surface area contributed by atoms with Crippen LogP contribution in [0.5, 0.6) is 0 Å². The number of anilines is 1. The molecule has 0 bridgehead atoms. The van der Waals surface area contributed by atoms with Crippen LogP contribution < -0.4 is 11.1 Å². The van der Waals surface area contributed by atoms with Gasteiger partial charge in [0.15, 0.2) is 0 Å². The number of aryl methyl sites for hydroxylation is 1. The quantitative estimate of drug-likeness (QED) is 0.825. The van der Waals surface area contributed by atoms with E-state index in [1.165, 1.54) is 0 Å². The fraction of sp³-hybridized carbons (Fsp3) is 0.667. The fourth-order valence-electron chi connectivity index (χ4n) is 2.58. The molecule has 0 saturated heterocycles. The Balaban J connectivity index is 2.01. The third-order valence-electron chi connectivity index (χ3n) is 3.57. The van der Waals surface area contributed by atoms with Crippen LogP contribution in [0, 0.1) is 11.3 Å². The highest BCUT2D eigenvalue weighted by Crippen LogP contribution is 2.45. The first-order valence-electron chi connectivity index (χ1n) is 6.13. The number of carbonyl (C=O) groups excluding carboxylic acids is 1. The zero-order chi connectivity index (χ0) is 12.5. The lowest BCUT2D eigenvalue weighted by Crippen LogP contribution is -2.51. The smallest absolute Gasteiger partial charge is 0.231 e. The van der Waals surface area contributed by atoms with Gasteiger partial charge in [-0.15, -0.1) is 0 Å². The van der Waals surface area contributed by atoms with Crippen molar-refractivity contribution in [2.24, 2.45) is 17.1 Å². The van der Waals surface area contributed by atoms with E-state index >= 15 is 0 Å². The molecule has 94 valence electrons. The summed E-state index contributed by atoms with van der Waals surface area (Å²) < 4.78 is 1.79. The van der Waals surface area contributed by atoms with Gasteiger partial charge in [0, 0.05) is 19.3 Å². The first-order chi connectivity index (χ1) is 8.09. The number of nitrogens with zero attached hydrogens (tertiary/aromatic N) is 2. The maximum Gasteiger partial charge on any atom is 0.231 e. The summed E-state index contributed by atoms with van der Waals surface area (Å²) in [6.07, 6.45) is 5.28. The average molecular weight is 236 g/mol. The van der Waals surface area contributed by atoms with Crippen molar-refractivity contribution in [1.82, 2.24) is 9.78 Å². The molecule has 0 unspecified atom stereocenters. The van der Waals surface area contributed by atoms with E-state index in [9.17, 15) is 4.79 Å². The van der Waals surface area contributed by atoms with Crippen LogP contribution in [0.15, 0.2) is 12.4 Å². The number of rotatable bonds is 4. The van der Waals surface area contributed by atoms with Gasteiger partial charge in [-0.3, -0.25) is 9.48 Å². The molecule has 17 heavy (non-hydrogen) atoms. The molecular formula is C12H20N4O. The highest BCUT2D eigenvalue weighted by Gasteiger charge is 2.47. The summed E-state index contributed by atoms with van der Waals surface area (Å²) in [6, 6.07) is 0. The summed E-state index contributed by atoms with van der Waals surface area (Å²) in [7, 11) is 0. The Kier molecular flexibility index (Phi) is 3.19. The molecule has 1 aliphatic carbocycles. The molecule has 0 aromatic carbocycles. The maximum atomic E-state index is 12.2. The summed E-state index contributed by atoms with van der Waals surface area (Å²) in [5, 5.41) is 7.03. The molecule has 2 rings (SSSR count). The van der Waals surface area contributed by atoms with Crippen molar-refractivity contribution in [2.75, 3.05) is 11.9 Å². The minimum atomic E-state index is -0.353. The van der Waals surface area contributed by atoms with Crippen molar-refractivity contribution < 1.29 is 4.79 Å². The van der Waals surface area contributed by atoms with Gasteiger partial charge in [-0.2, -0.15) is 5.10 Å². The van der Waals surface area contributed by atoms with Gasteiger partial charge >= 0.3 is 0 Å². The topological polar surface area (TPSA) is 72.9 Å². The van der Waals surface area contributed by atoms with Crippen LogP contribution >= 0.6 is 0 Å². The van der Waals surface area contributed by atoms with E-state index in [0.29, 0.717) is 12.5 Å². The van der Waals surface area contributed by atoms with Crippen LogP contribution in [0.1, 0.15) is 26.7 Å². The average Bonchev–Trinajstić information content (AvgIpc) is 2.72. The molecule has 0 atom stereocenters. The normalized spacial score (nSPS) is 27.6. The van der Waals surface area contributed by atoms with Crippen molar-refractivity contribution in [1.29, 1.82) is 0 Å².